The van der Waals surface area contributed by atoms with Gasteiger partial charge < -0.3 is 9.88 Å². The summed E-state index contributed by atoms with van der Waals surface area (Å²) in [5.74, 6) is -1.03. The lowest BCUT2D eigenvalue weighted by atomic mass is 10.1. The molecular weight excluding hydrogens is 307 g/mol. The second-order valence-electron chi connectivity index (χ2n) is 5.80. The van der Waals surface area contributed by atoms with Crippen molar-refractivity contribution in [2.75, 3.05) is 7.05 Å². The fraction of sp³-hybridized carbons (Fsp3) is 0.158. The molecule has 2 aromatic carbocycles. The number of H-pyrrole nitrogens is 1. The lowest BCUT2D eigenvalue weighted by Gasteiger charge is -2.17. The normalized spacial score (nSPS) is 10.8. The molecule has 3 rings (SSSR count). The van der Waals surface area contributed by atoms with E-state index in [1.54, 1.807) is 19.2 Å². The first-order valence-corrected chi connectivity index (χ1v) is 7.59. The number of aromatic nitrogens is 1. The molecule has 1 aromatic heterocycles. The van der Waals surface area contributed by atoms with Crippen molar-refractivity contribution in [3.63, 3.8) is 0 Å². The Balaban J connectivity index is 1.92. The fourth-order valence-corrected chi connectivity index (χ4v) is 2.71. The number of carbonyl (C=O) groups is 1. The number of nitrogens with one attached hydrogen (secondary N) is 1. The molecule has 4 nitrogen and oxygen atoms in total. The number of benzene rings is 2. The molecule has 24 heavy (non-hydrogen) atoms. The SMILES string of the molecule is Cc1cccc2cc(CN(C)C(=O)c3ccccc3F)c(=O)[nH]c12. The fourth-order valence-electron chi connectivity index (χ4n) is 2.71. The third kappa shape index (κ3) is 2.93. The van der Waals surface area contributed by atoms with Crippen molar-refractivity contribution in [1.82, 2.24) is 9.88 Å². The number of hydrogen-bond donors (Lipinski definition) is 1. The van der Waals surface area contributed by atoms with Crippen molar-refractivity contribution in [1.29, 1.82) is 0 Å². The number of rotatable bonds is 3. The molecule has 0 saturated heterocycles. The summed E-state index contributed by atoms with van der Waals surface area (Å²) in [5, 5.41) is 0.899. The average Bonchev–Trinajstić information content (AvgIpc) is 2.56. The third-order valence-corrected chi connectivity index (χ3v) is 4.02. The van der Waals surface area contributed by atoms with Gasteiger partial charge in [0.05, 0.1) is 17.6 Å². The molecule has 1 heterocycles. The van der Waals surface area contributed by atoms with Gasteiger partial charge in [0.25, 0.3) is 11.5 Å². The van der Waals surface area contributed by atoms with Crippen molar-refractivity contribution in [3.05, 3.63) is 81.4 Å². The Morgan fingerprint density at radius 1 is 1.17 bits per heavy atom. The number of amides is 1. The number of nitrogens with zero attached hydrogens (tertiary/aromatic N) is 1. The molecule has 0 aliphatic carbocycles. The molecule has 0 aliphatic heterocycles. The van der Waals surface area contributed by atoms with Crippen molar-refractivity contribution in [2.45, 2.75) is 13.5 Å². The second-order valence-corrected chi connectivity index (χ2v) is 5.80. The van der Waals surface area contributed by atoms with E-state index in [2.05, 4.69) is 4.98 Å². The molecule has 3 aromatic rings. The molecule has 1 N–H and O–H groups in total. The van der Waals surface area contributed by atoms with Gasteiger partial charge in [0.1, 0.15) is 5.82 Å². The number of aromatic amines is 1. The molecule has 0 spiro atoms. The smallest absolute Gasteiger partial charge is 0.256 e. The van der Waals surface area contributed by atoms with Crippen LogP contribution in [-0.4, -0.2) is 22.8 Å². The van der Waals surface area contributed by atoms with Crippen molar-refractivity contribution in [2.24, 2.45) is 0 Å². The zero-order valence-electron chi connectivity index (χ0n) is 13.5. The Bertz CT molecular complexity index is 979. The highest BCUT2D eigenvalue weighted by Gasteiger charge is 2.17. The van der Waals surface area contributed by atoms with Crippen molar-refractivity contribution in [3.8, 4) is 0 Å². The van der Waals surface area contributed by atoms with Gasteiger partial charge >= 0.3 is 0 Å². The second kappa shape index (κ2) is 6.28. The molecule has 0 saturated carbocycles. The van der Waals surface area contributed by atoms with Crippen LogP contribution in [-0.2, 0) is 6.54 Å². The number of para-hydroxylation sites is 1. The molecule has 5 heteroatoms. The van der Waals surface area contributed by atoms with E-state index in [0.717, 1.165) is 16.5 Å². The Kier molecular flexibility index (Phi) is 4.16. The number of carbonyl (C=O) groups excluding carboxylic acids is 1. The summed E-state index contributed by atoms with van der Waals surface area (Å²) in [7, 11) is 1.55. The summed E-state index contributed by atoms with van der Waals surface area (Å²) in [6.07, 6.45) is 0. The van der Waals surface area contributed by atoms with Gasteiger partial charge in [-0.25, -0.2) is 4.39 Å². The molecule has 0 bridgehead atoms. The van der Waals surface area contributed by atoms with Crippen molar-refractivity contribution >= 4 is 16.8 Å². The summed E-state index contributed by atoms with van der Waals surface area (Å²) < 4.78 is 13.8. The first-order chi connectivity index (χ1) is 11.5. The summed E-state index contributed by atoms with van der Waals surface area (Å²) in [5.41, 5.74) is 1.97. The summed E-state index contributed by atoms with van der Waals surface area (Å²) in [4.78, 5) is 28.8. The molecular formula is C19H17FN2O2. The van der Waals surface area contributed by atoms with Gasteiger partial charge in [0.2, 0.25) is 0 Å². The van der Waals surface area contributed by atoms with Gasteiger partial charge in [-0.15, -0.1) is 0 Å². The number of aryl methyl sites for hydroxylation is 1. The minimum Gasteiger partial charge on any atom is -0.337 e. The minimum atomic E-state index is -0.572. The molecule has 122 valence electrons. The van der Waals surface area contributed by atoms with Gasteiger partial charge in [-0.3, -0.25) is 9.59 Å². The van der Waals surface area contributed by atoms with E-state index < -0.39 is 11.7 Å². The van der Waals surface area contributed by atoms with Gasteiger partial charge in [0, 0.05) is 12.6 Å². The van der Waals surface area contributed by atoms with Crippen LogP contribution < -0.4 is 5.56 Å². The van der Waals surface area contributed by atoms with Crippen LogP contribution in [0.1, 0.15) is 21.5 Å². The van der Waals surface area contributed by atoms with E-state index in [-0.39, 0.29) is 17.7 Å². The third-order valence-electron chi connectivity index (χ3n) is 4.02. The van der Waals surface area contributed by atoms with Crippen LogP contribution in [0.3, 0.4) is 0 Å². The number of hydrogen-bond acceptors (Lipinski definition) is 2. The Labute approximate surface area is 138 Å². The minimum absolute atomic E-state index is 0.00642. The Morgan fingerprint density at radius 2 is 1.92 bits per heavy atom. The molecule has 1 amide bonds. The summed E-state index contributed by atoms with van der Waals surface area (Å²) in [6, 6.07) is 13.3. The number of fused-ring (bicyclic) bond motifs is 1. The quantitative estimate of drug-likeness (QED) is 0.804. The molecule has 0 aliphatic rings. The maximum atomic E-state index is 13.8. The monoisotopic (exact) mass is 324 g/mol. The Hall–Kier alpha value is -2.95. The van der Waals surface area contributed by atoms with Crippen LogP contribution >= 0.6 is 0 Å². The van der Waals surface area contributed by atoms with Crippen LogP contribution in [0.2, 0.25) is 0 Å². The standard InChI is InChI=1S/C19H17FN2O2/c1-12-6-5-7-13-10-14(18(23)21-17(12)13)11-22(2)19(24)15-8-3-4-9-16(15)20/h3-10H,11H2,1-2H3,(H,21,23). The molecule has 0 fully saturated rings. The summed E-state index contributed by atoms with van der Waals surface area (Å²) in [6.45, 7) is 2.03. The topological polar surface area (TPSA) is 53.2 Å². The van der Waals surface area contributed by atoms with Gasteiger partial charge in [-0.2, -0.15) is 0 Å². The van der Waals surface area contributed by atoms with Gasteiger partial charge in [-0.05, 0) is 36.1 Å². The predicted molar refractivity (Wildman–Crippen MR) is 91.5 cm³/mol. The largest absolute Gasteiger partial charge is 0.337 e. The molecule has 0 radical (unpaired) electrons. The van der Waals surface area contributed by atoms with Gasteiger partial charge in [0.15, 0.2) is 0 Å². The average molecular weight is 324 g/mol. The van der Waals surface area contributed by atoms with E-state index in [9.17, 15) is 14.0 Å². The first kappa shape index (κ1) is 15.9. The lowest BCUT2D eigenvalue weighted by molar-refractivity contribution is 0.0780. The molecule has 0 atom stereocenters. The van der Waals surface area contributed by atoms with Crippen LogP contribution in [0.5, 0.6) is 0 Å². The zero-order valence-corrected chi connectivity index (χ0v) is 13.5. The number of halogens is 1. The lowest BCUT2D eigenvalue weighted by Crippen LogP contribution is -2.29. The summed E-state index contributed by atoms with van der Waals surface area (Å²) >= 11 is 0. The van der Waals surface area contributed by atoms with E-state index in [0.29, 0.717) is 5.56 Å². The van der Waals surface area contributed by atoms with Crippen molar-refractivity contribution < 1.29 is 9.18 Å². The van der Waals surface area contributed by atoms with E-state index in [1.807, 2.05) is 25.1 Å². The predicted octanol–water partition coefficient (Wildman–Crippen LogP) is 3.25. The highest BCUT2D eigenvalue weighted by atomic mass is 19.1. The maximum Gasteiger partial charge on any atom is 0.256 e. The van der Waals surface area contributed by atoms with Crippen LogP contribution in [0.25, 0.3) is 10.9 Å². The highest BCUT2D eigenvalue weighted by Crippen LogP contribution is 2.16. The number of pyridine rings is 1. The highest BCUT2D eigenvalue weighted by molar-refractivity contribution is 5.94. The van der Waals surface area contributed by atoms with E-state index >= 15 is 0 Å². The van der Waals surface area contributed by atoms with Crippen LogP contribution in [0.4, 0.5) is 4.39 Å². The van der Waals surface area contributed by atoms with Crippen LogP contribution in [0, 0.1) is 12.7 Å². The van der Waals surface area contributed by atoms with E-state index in [4.69, 9.17) is 0 Å². The zero-order chi connectivity index (χ0) is 17.3. The van der Waals surface area contributed by atoms with E-state index in [1.165, 1.54) is 23.1 Å². The van der Waals surface area contributed by atoms with Crippen LogP contribution in [0.15, 0.2) is 53.3 Å². The first-order valence-electron chi connectivity index (χ1n) is 7.59. The maximum absolute atomic E-state index is 13.8. The van der Waals surface area contributed by atoms with Gasteiger partial charge in [-0.1, -0.05) is 30.3 Å². The Morgan fingerprint density at radius 3 is 2.67 bits per heavy atom. The molecule has 0 unspecified atom stereocenters.